The van der Waals surface area contributed by atoms with E-state index in [1.165, 1.54) is 0 Å². The summed E-state index contributed by atoms with van der Waals surface area (Å²) >= 11 is 0. The fourth-order valence-electron chi connectivity index (χ4n) is 4.17. The molecule has 0 bridgehead atoms. The Hall–Kier alpha value is -2.09. The Kier molecular flexibility index (Phi) is 6.04. The number of amides is 2. The lowest BCUT2D eigenvalue weighted by Gasteiger charge is -2.38. The lowest BCUT2D eigenvalue weighted by molar-refractivity contribution is -0.134. The van der Waals surface area contributed by atoms with Crippen molar-refractivity contribution in [3.63, 3.8) is 0 Å². The number of nitrogens with two attached hydrogens (primary N) is 1. The summed E-state index contributed by atoms with van der Waals surface area (Å²) in [5.74, 6) is -0.487. The largest absolute Gasteiger partial charge is 0.376 e. The van der Waals surface area contributed by atoms with Crippen LogP contribution in [0, 0.1) is 0 Å². The minimum absolute atomic E-state index is 0.0113. The quantitative estimate of drug-likeness (QED) is 0.762. The highest BCUT2D eigenvalue weighted by molar-refractivity contribution is 7.91. The van der Waals surface area contributed by atoms with Crippen molar-refractivity contribution in [2.75, 3.05) is 23.4 Å². The zero-order chi connectivity index (χ0) is 19.4. The van der Waals surface area contributed by atoms with Crippen molar-refractivity contribution < 1.29 is 18.0 Å². The van der Waals surface area contributed by atoms with Crippen LogP contribution < -0.4 is 11.1 Å². The van der Waals surface area contributed by atoms with E-state index in [0.717, 1.165) is 32.1 Å². The number of nitrogens with one attached hydrogen (secondary N) is 1. The average Bonchev–Trinajstić information content (AvgIpc) is 3.00. The van der Waals surface area contributed by atoms with Crippen LogP contribution in [0.1, 0.15) is 48.9 Å². The van der Waals surface area contributed by atoms with Gasteiger partial charge in [-0.05, 0) is 31.4 Å². The SMILES string of the molecule is NC(=O)c1ccccc1NCC(=O)N(C1CCCCC1)C1CCS(=O)(=O)C1. The highest BCUT2D eigenvalue weighted by atomic mass is 32.2. The molecule has 1 saturated carbocycles. The molecular weight excluding hydrogens is 366 g/mol. The van der Waals surface area contributed by atoms with Crippen LogP contribution in [0.25, 0.3) is 0 Å². The molecule has 1 heterocycles. The van der Waals surface area contributed by atoms with Crippen molar-refractivity contribution in [1.82, 2.24) is 4.90 Å². The third kappa shape index (κ3) is 4.80. The zero-order valence-electron chi connectivity index (χ0n) is 15.4. The fourth-order valence-corrected chi connectivity index (χ4v) is 5.89. The molecule has 1 aliphatic carbocycles. The second-order valence-corrected chi connectivity index (χ2v) is 9.64. The lowest BCUT2D eigenvalue weighted by atomic mass is 9.93. The molecule has 27 heavy (non-hydrogen) atoms. The Morgan fingerprint density at radius 1 is 1.07 bits per heavy atom. The number of carbonyl (C=O) groups is 2. The maximum atomic E-state index is 13.0. The molecule has 1 unspecified atom stereocenters. The van der Waals surface area contributed by atoms with Gasteiger partial charge in [-0.1, -0.05) is 31.4 Å². The topological polar surface area (TPSA) is 110 Å². The molecule has 1 saturated heterocycles. The number of carbonyl (C=O) groups excluding carboxylic acids is 2. The standard InChI is InChI=1S/C19H27N3O4S/c20-19(24)16-8-4-5-9-17(16)21-12-18(23)22(14-6-2-1-3-7-14)15-10-11-27(25,26)13-15/h4-5,8-9,14-15,21H,1-3,6-7,10-13H2,(H2,20,24). The number of para-hydroxylation sites is 1. The Bertz CT molecular complexity index is 803. The summed E-state index contributed by atoms with van der Waals surface area (Å²) in [6.45, 7) is 0.0113. The predicted molar refractivity (Wildman–Crippen MR) is 104 cm³/mol. The van der Waals surface area contributed by atoms with E-state index >= 15 is 0 Å². The normalized spacial score (nSPS) is 22.3. The highest BCUT2D eigenvalue weighted by Crippen LogP contribution is 2.28. The summed E-state index contributed by atoms with van der Waals surface area (Å²) in [6.07, 6.45) is 5.62. The molecule has 1 aromatic carbocycles. The average molecular weight is 394 g/mol. The second-order valence-electron chi connectivity index (χ2n) is 7.41. The molecule has 1 atom stereocenters. The Labute approximate surface area is 160 Å². The van der Waals surface area contributed by atoms with Gasteiger partial charge in [-0.25, -0.2) is 8.42 Å². The van der Waals surface area contributed by atoms with Crippen molar-refractivity contribution in [3.05, 3.63) is 29.8 Å². The summed E-state index contributed by atoms with van der Waals surface area (Å²) < 4.78 is 23.9. The van der Waals surface area contributed by atoms with Crippen molar-refractivity contribution in [2.24, 2.45) is 5.73 Å². The first-order valence-corrected chi connectivity index (χ1v) is 11.3. The summed E-state index contributed by atoms with van der Waals surface area (Å²) in [6, 6.07) is 6.64. The van der Waals surface area contributed by atoms with Gasteiger partial charge in [0.25, 0.3) is 5.91 Å². The molecule has 3 N–H and O–H groups in total. The van der Waals surface area contributed by atoms with E-state index in [4.69, 9.17) is 5.73 Å². The third-order valence-corrected chi connectivity index (χ3v) is 7.23. The van der Waals surface area contributed by atoms with Gasteiger partial charge in [0, 0.05) is 17.8 Å². The van der Waals surface area contributed by atoms with Crippen molar-refractivity contribution in [2.45, 2.75) is 50.6 Å². The van der Waals surface area contributed by atoms with E-state index in [1.54, 1.807) is 24.3 Å². The maximum absolute atomic E-state index is 13.0. The van der Waals surface area contributed by atoms with E-state index in [-0.39, 0.29) is 36.0 Å². The Morgan fingerprint density at radius 3 is 2.41 bits per heavy atom. The predicted octanol–water partition coefficient (Wildman–Crippen LogP) is 1.55. The summed E-state index contributed by atoms with van der Waals surface area (Å²) in [5, 5.41) is 3.02. The number of hydrogen-bond donors (Lipinski definition) is 2. The first-order valence-electron chi connectivity index (χ1n) is 9.52. The van der Waals surface area contributed by atoms with Crippen LogP contribution in [-0.4, -0.2) is 55.3 Å². The molecule has 0 radical (unpaired) electrons. The van der Waals surface area contributed by atoms with E-state index < -0.39 is 15.7 Å². The number of hydrogen-bond acceptors (Lipinski definition) is 5. The molecule has 1 aliphatic heterocycles. The second kappa shape index (κ2) is 8.29. The van der Waals surface area contributed by atoms with Crippen LogP contribution in [0.4, 0.5) is 5.69 Å². The van der Waals surface area contributed by atoms with Crippen molar-refractivity contribution in [1.29, 1.82) is 0 Å². The number of nitrogens with zero attached hydrogens (tertiary/aromatic N) is 1. The van der Waals surface area contributed by atoms with Crippen LogP contribution in [0.3, 0.4) is 0 Å². The molecule has 8 heteroatoms. The van der Waals surface area contributed by atoms with E-state index in [0.29, 0.717) is 17.7 Å². The molecule has 2 aliphatic rings. The molecule has 3 rings (SSSR count). The van der Waals surface area contributed by atoms with E-state index in [1.807, 2.05) is 4.90 Å². The maximum Gasteiger partial charge on any atom is 0.250 e. The van der Waals surface area contributed by atoms with Crippen molar-refractivity contribution in [3.8, 4) is 0 Å². The van der Waals surface area contributed by atoms with Gasteiger partial charge < -0.3 is 16.0 Å². The number of anilines is 1. The van der Waals surface area contributed by atoms with Gasteiger partial charge >= 0.3 is 0 Å². The smallest absolute Gasteiger partial charge is 0.250 e. The van der Waals surface area contributed by atoms with Gasteiger partial charge in [0.15, 0.2) is 9.84 Å². The van der Waals surface area contributed by atoms with Crippen LogP contribution in [0.5, 0.6) is 0 Å². The number of rotatable bonds is 6. The van der Waals surface area contributed by atoms with Crippen LogP contribution >= 0.6 is 0 Å². The molecule has 7 nitrogen and oxygen atoms in total. The summed E-state index contributed by atoms with van der Waals surface area (Å²) in [7, 11) is -3.07. The highest BCUT2D eigenvalue weighted by Gasteiger charge is 2.38. The Morgan fingerprint density at radius 2 is 1.78 bits per heavy atom. The monoisotopic (exact) mass is 393 g/mol. The van der Waals surface area contributed by atoms with Crippen LogP contribution in [0.15, 0.2) is 24.3 Å². The summed E-state index contributed by atoms with van der Waals surface area (Å²) in [4.78, 5) is 26.4. The molecule has 0 spiro atoms. The van der Waals surface area contributed by atoms with Gasteiger partial charge in [-0.15, -0.1) is 0 Å². The van der Waals surface area contributed by atoms with Gasteiger partial charge in [-0.3, -0.25) is 9.59 Å². The first-order chi connectivity index (χ1) is 12.9. The molecule has 148 valence electrons. The van der Waals surface area contributed by atoms with Gasteiger partial charge in [0.1, 0.15) is 0 Å². The van der Waals surface area contributed by atoms with Gasteiger partial charge in [-0.2, -0.15) is 0 Å². The first kappa shape index (κ1) is 19.7. The van der Waals surface area contributed by atoms with Crippen LogP contribution in [0.2, 0.25) is 0 Å². The lowest BCUT2D eigenvalue weighted by Crippen LogP contribution is -2.50. The number of primary amides is 1. The number of sulfone groups is 1. The van der Waals surface area contributed by atoms with Gasteiger partial charge in [0.05, 0.1) is 23.6 Å². The molecule has 0 aromatic heterocycles. The molecule has 2 amide bonds. The van der Waals surface area contributed by atoms with E-state index in [2.05, 4.69) is 5.32 Å². The van der Waals surface area contributed by atoms with E-state index in [9.17, 15) is 18.0 Å². The Balaban J connectivity index is 1.74. The fraction of sp³-hybridized carbons (Fsp3) is 0.579. The minimum atomic E-state index is -3.07. The zero-order valence-corrected chi connectivity index (χ0v) is 16.2. The van der Waals surface area contributed by atoms with Crippen LogP contribution in [-0.2, 0) is 14.6 Å². The molecular formula is C19H27N3O4S. The number of benzene rings is 1. The van der Waals surface area contributed by atoms with Gasteiger partial charge in [0.2, 0.25) is 5.91 Å². The minimum Gasteiger partial charge on any atom is -0.376 e. The third-order valence-electron chi connectivity index (χ3n) is 5.48. The molecule has 2 fully saturated rings. The molecule has 1 aromatic rings. The summed E-state index contributed by atoms with van der Waals surface area (Å²) in [5.41, 5.74) is 6.23. The van der Waals surface area contributed by atoms with Crippen molar-refractivity contribution >= 4 is 27.3 Å².